The molecule has 0 aromatic rings. The SMILES string of the molecule is NC(=O)NC(S)C=O. The summed E-state index contributed by atoms with van der Waals surface area (Å²) in [7, 11) is 0. The van der Waals surface area contributed by atoms with E-state index in [2.05, 4.69) is 18.4 Å². The van der Waals surface area contributed by atoms with Crippen molar-refractivity contribution in [1.29, 1.82) is 0 Å². The number of hydrogen-bond acceptors (Lipinski definition) is 3. The Morgan fingerprint density at radius 2 is 2.38 bits per heavy atom. The standard InChI is InChI=1S/C3H6N2O2S/c4-3(7)5-2(8)1-6/h1-2,8H,(H3,4,5,7). The van der Waals surface area contributed by atoms with E-state index in [1.54, 1.807) is 0 Å². The molecule has 0 saturated carbocycles. The van der Waals surface area contributed by atoms with Crippen molar-refractivity contribution in [3.8, 4) is 0 Å². The Morgan fingerprint density at radius 1 is 1.88 bits per heavy atom. The van der Waals surface area contributed by atoms with Crippen molar-refractivity contribution in [1.82, 2.24) is 5.32 Å². The third-order valence-corrected chi connectivity index (χ3v) is 0.670. The number of amides is 2. The molecule has 5 heteroatoms. The van der Waals surface area contributed by atoms with E-state index in [4.69, 9.17) is 0 Å². The highest BCUT2D eigenvalue weighted by Gasteiger charge is 1.98. The molecule has 8 heavy (non-hydrogen) atoms. The monoisotopic (exact) mass is 134 g/mol. The molecule has 1 atom stereocenters. The first-order valence-electron chi connectivity index (χ1n) is 1.86. The van der Waals surface area contributed by atoms with Crippen molar-refractivity contribution >= 4 is 24.9 Å². The molecule has 0 aliphatic rings. The van der Waals surface area contributed by atoms with Gasteiger partial charge in [0.1, 0.15) is 5.37 Å². The fourth-order valence-electron chi connectivity index (χ4n) is 0.180. The smallest absolute Gasteiger partial charge is 0.313 e. The van der Waals surface area contributed by atoms with E-state index < -0.39 is 11.4 Å². The van der Waals surface area contributed by atoms with E-state index in [1.807, 2.05) is 5.32 Å². The molecule has 0 aliphatic heterocycles. The lowest BCUT2D eigenvalue weighted by Gasteiger charge is -1.99. The zero-order chi connectivity index (χ0) is 6.57. The second-order valence-electron chi connectivity index (χ2n) is 1.09. The summed E-state index contributed by atoms with van der Waals surface area (Å²) in [5.41, 5.74) is 4.61. The third-order valence-electron chi connectivity index (χ3n) is 0.419. The summed E-state index contributed by atoms with van der Waals surface area (Å²) < 4.78 is 0. The maximum atomic E-state index is 9.87. The van der Waals surface area contributed by atoms with E-state index in [-0.39, 0.29) is 0 Å². The summed E-state index contributed by atoms with van der Waals surface area (Å²) in [6.07, 6.45) is 0.466. The van der Waals surface area contributed by atoms with Gasteiger partial charge in [0, 0.05) is 0 Å². The second-order valence-corrected chi connectivity index (χ2v) is 1.65. The van der Waals surface area contributed by atoms with Crippen LogP contribution in [-0.4, -0.2) is 17.7 Å². The minimum absolute atomic E-state index is 0.466. The number of primary amides is 1. The Morgan fingerprint density at radius 3 is 2.50 bits per heavy atom. The van der Waals surface area contributed by atoms with Gasteiger partial charge in [-0.3, -0.25) is 0 Å². The van der Waals surface area contributed by atoms with Crippen LogP contribution in [0.2, 0.25) is 0 Å². The molecule has 0 heterocycles. The summed E-state index contributed by atoms with van der Waals surface area (Å²) in [6.45, 7) is 0. The molecular formula is C3H6N2O2S. The van der Waals surface area contributed by atoms with Gasteiger partial charge in [-0.05, 0) is 0 Å². The van der Waals surface area contributed by atoms with Gasteiger partial charge in [-0.2, -0.15) is 0 Å². The van der Waals surface area contributed by atoms with Crippen molar-refractivity contribution in [2.24, 2.45) is 5.73 Å². The van der Waals surface area contributed by atoms with E-state index in [0.29, 0.717) is 6.29 Å². The molecule has 1 unspecified atom stereocenters. The maximum Gasteiger partial charge on any atom is 0.313 e. The zero-order valence-corrected chi connectivity index (χ0v) is 4.89. The van der Waals surface area contributed by atoms with Crippen LogP contribution < -0.4 is 11.1 Å². The molecule has 0 aromatic carbocycles. The summed E-state index contributed by atoms with van der Waals surface area (Å²) in [4.78, 5) is 19.6. The lowest BCUT2D eigenvalue weighted by Crippen LogP contribution is -2.36. The van der Waals surface area contributed by atoms with Crippen LogP contribution in [0.1, 0.15) is 0 Å². The lowest BCUT2D eigenvalue weighted by atomic mass is 10.7. The van der Waals surface area contributed by atoms with E-state index >= 15 is 0 Å². The van der Waals surface area contributed by atoms with Crippen LogP contribution in [0.3, 0.4) is 0 Å². The molecule has 0 aromatic heterocycles. The van der Waals surface area contributed by atoms with Gasteiger partial charge in [0.2, 0.25) is 0 Å². The van der Waals surface area contributed by atoms with Crippen LogP contribution in [0.25, 0.3) is 0 Å². The Labute approximate surface area is 51.8 Å². The average molecular weight is 134 g/mol. The Hall–Kier alpha value is -0.710. The van der Waals surface area contributed by atoms with Gasteiger partial charge in [0.25, 0.3) is 0 Å². The van der Waals surface area contributed by atoms with Crippen LogP contribution >= 0.6 is 12.6 Å². The van der Waals surface area contributed by atoms with Crippen LogP contribution in [0, 0.1) is 0 Å². The Balaban J connectivity index is 3.38. The number of nitrogens with two attached hydrogens (primary N) is 1. The van der Waals surface area contributed by atoms with Crippen LogP contribution in [-0.2, 0) is 4.79 Å². The number of nitrogens with one attached hydrogen (secondary N) is 1. The Bertz CT molecular complexity index is 105. The van der Waals surface area contributed by atoms with Gasteiger partial charge in [-0.25, -0.2) is 4.79 Å². The van der Waals surface area contributed by atoms with Gasteiger partial charge in [-0.15, -0.1) is 12.6 Å². The Kier molecular flexibility index (Phi) is 3.02. The number of urea groups is 1. The molecule has 0 rings (SSSR count). The van der Waals surface area contributed by atoms with E-state index in [0.717, 1.165) is 0 Å². The summed E-state index contributed by atoms with van der Waals surface area (Å²) in [5.74, 6) is 0. The fourth-order valence-corrected chi connectivity index (χ4v) is 0.307. The largest absolute Gasteiger partial charge is 0.352 e. The molecule has 0 spiro atoms. The second kappa shape index (κ2) is 3.31. The molecular weight excluding hydrogens is 128 g/mol. The predicted molar refractivity (Wildman–Crippen MR) is 31.6 cm³/mol. The number of hydrogen-bond donors (Lipinski definition) is 3. The van der Waals surface area contributed by atoms with Crippen molar-refractivity contribution in [2.45, 2.75) is 5.37 Å². The highest BCUT2D eigenvalue weighted by Crippen LogP contribution is 1.80. The van der Waals surface area contributed by atoms with Crippen LogP contribution in [0.4, 0.5) is 4.79 Å². The zero-order valence-electron chi connectivity index (χ0n) is 4.00. The summed E-state index contributed by atoms with van der Waals surface area (Å²) in [5, 5.41) is 1.24. The number of carbonyl (C=O) groups excluding carboxylic acids is 2. The van der Waals surface area contributed by atoms with E-state index in [9.17, 15) is 9.59 Å². The first-order valence-corrected chi connectivity index (χ1v) is 2.38. The van der Waals surface area contributed by atoms with Gasteiger partial charge in [0.15, 0.2) is 6.29 Å². The van der Waals surface area contributed by atoms with E-state index in [1.165, 1.54) is 0 Å². The van der Waals surface area contributed by atoms with Gasteiger partial charge in [0.05, 0.1) is 0 Å². The molecule has 46 valence electrons. The summed E-state index contributed by atoms with van der Waals surface area (Å²) in [6, 6.07) is -0.753. The molecule has 0 fully saturated rings. The quantitative estimate of drug-likeness (QED) is 0.260. The van der Waals surface area contributed by atoms with Crippen molar-refractivity contribution in [3.63, 3.8) is 0 Å². The van der Waals surface area contributed by atoms with Gasteiger partial charge < -0.3 is 15.8 Å². The highest BCUT2D eigenvalue weighted by molar-refractivity contribution is 7.81. The highest BCUT2D eigenvalue weighted by atomic mass is 32.1. The molecule has 0 aliphatic carbocycles. The third kappa shape index (κ3) is 3.48. The number of thiol groups is 1. The molecule has 0 radical (unpaired) electrons. The van der Waals surface area contributed by atoms with Crippen molar-refractivity contribution in [3.05, 3.63) is 0 Å². The van der Waals surface area contributed by atoms with Crippen molar-refractivity contribution < 1.29 is 9.59 Å². The number of carbonyl (C=O) groups is 2. The number of aldehydes is 1. The first kappa shape index (κ1) is 7.29. The number of rotatable bonds is 2. The fraction of sp³-hybridized carbons (Fsp3) is 0.333. The molecule has 0 bridgehead atoms. The minimum Gasteiger partial charge on any atom is -0.352 e. The van der Waals surface area contributed by atoms with Gasteiger partial charge in [-0.1, -0.05) is 0 Å². The average Bonchev–Trinajstić information content (AvgIpc) is 1.65. The molecule has 2 amide bonds. The van der Waals surface area contributed by atoms with Gasteiger partial charge >= 0.3 is 6.03 Å². The molecule has 4 nitrogen and oxygen atoms in total. The maximum absolute atomic E-state index is 9.87. The minimum atomic E-state index is -0.785. The first-order chi connectivity index (χ1) is 3.66. The normalized spacial score (nSPS) is 12.1. The van der Waals surface area contributed by atoms with Crippen molar-refractivity contribution in [2.75, 3.05) is 0 Å². The predicted octanol–water partition coefficient (Wildman–Crippen LogP) is -0.891. The molecule has 0 saturated heterocycles. The summed E-state index contributed by atoms with van der Waals surface area (Å²) >= 11 is 3.59. The molecule has 3 N–H and O–H groups in total. The van der Waals surface area contributed by atoms with Crippen LogP contribution in [0.15, 0.2) is 0 Å². The van der Waals surface area contributed by atoms with Crippen LogP contribution in [0.5, 0.6) is 0 Å². The lowest BCUT2D eigenvalue weighted by molar-refractivity contribution is -0.107. The topological polar surface area (TPSA) is 72.2 Å².